The monoisotopic (exact) mass is 203 g/mol. The summed E-state index contributed by atoms with van der Waals surface area (Å²) in [6.07, 6.45) is 1.01. The number of fused-ring (bicyclic) bond motifs is 3. The summed E-state index contributed by atoms with van der Waals surface area (Å²) in [5, 5.41) is 2.12. The van der Waals surface area contributed by atoms with Gasteiger partial charge in [0, 0.05) is 6.54 Å². The van der Waals surface area contributed by atoms with Gasteiger partial charge in [-0.1, -0.05) is 24.3 Å². The van der Waals surface area contributed by atoms with E-state index in [0.717, 1.165) is 19.5 Å². The van der Waals surface area contributed by atoms with Crippen LogP contribution in [0.1, 0.15) is 17.2 Å². The predicted molar refractivity (Wildman–Crippen MR) is 56.3 cm³/mol. The first-order valence-electron chi connectivity index (χ1n) is 5.55. The minimum absolute atomic E-state index is 0.292. The number of hydrogen-bond donors (Lipinski definition) is 1. The third-order valence-corrected chi connectivity index (χ3v) is 3.44. The molecule has 0 radical (unpaired) electrons. The van der Waals surface area contributed by atoms with Crippen molar-refractivity contribution in [3.05, 3.63) is 35.4 Å². The number of rotatable bonds is 0. The number of hydrogen-bond acceptors (Lipinski definition) is 1. The zero-order valence-corrected chi connectivity index (χ0v) is 8.65. The van der Waals surface area contributed by atoms with Crippen molar-refractivity contribution >= 4 is 5.91 Å². The van der Waals surface area contributed by atoms with Crippen LogP contribution in [0.3, 0.4) is 0 Å². The van der Waals surface area contributed by atoms with E-state index in [1.54, 1.807) is 0 Å². The third-order valence-electron chi connectivity index (χ3n) is 3.44. The van der Waals surface area contributed by atoms with E-state index in [4.69, 9.17) is 0 Å². The molecule has 1 amide bonds. The molecule has 1 aromatic carbocycles. The van der Waals surface area contributed by atoms with Gasteiger partial charge in [-0.3, -0.25) is 4.79 Å². The van der Waals surface area contributed by atoms with Gasteiger partial charge in [-0.15, -0.1) is 0 Å². The fourth-order valence-corrected chi connectivity index (χ4v) is 2.69. The molecule has 0 spiro atoms. The summed E-state index contributed by atoms with van der Waals surface area (Å²) in [7, 11) is 0. The van der Waals surface area contributed by atoms with Crippen LogP contribution < -0.4 is 5.32 Å². The van der Waals surface area contributed by atoms with E-state index in [9.17, 15) is 4.79 Å². The highest BCUT2D eigenvalue weighted by Gasteiger charge is 2.35. The van der Waals surface area contributed by atoms with Crippen LogP contribution in [0.5, 0.6) is 0 Å². The molecule has 78 valence electrons. The second-order valence-electron chi connectivity index (χ2n) is 4.28. The average Bonchev–Trinajstić information content (AvgIpc) is 2.29. The van der Waals surface area contributed by atoms with Gasteiger partial charge in [0.2, 0.25) is 0 Å². The summed E-state index contributed by atoms with van der Waals surface area (Å²) in [4.78, 5) is 13.8. The number of quaternary nitrogens is 1. The van der Waals surface area contributed by atoms with Gasteiger partial charge in [0.25, 0.3) is 5.91 Å². The second kappa shape index (κ2) is 3.35. The van der Waals surface area contributed by atoms with Crippen molar-refractivity contribution in [3.8, 4) is 0 Å². The first-order valence-corrected chi connectivity index (χ1v) is 5.55. The molecule has 2 heterocycles. The van der Waals surface area contributed by atoms with E-state index in [2.05, 4.69) is 29.6 Å². The van der Waals surface area contributed by atoms with Crippen molar-refractivity contribution in [1.82, 2.24) is 4.90 Å². The third kappa shape index (κ3) is 1.35. The largest absolute Gasteiger partial charge is 0.336 e. The van der Waals surface area contributed by atoms with Crippen LogP contribution in [0.2, 0.25) is 0 Å². The lowest BCUT2D eigenvalue weighted by atomic mass is 9.91. The van der Waals surface area contributed by atoms with Crippen LogP contribution in [0.4, 0.5) is 0 Å². The molecule has 0 aliphatic carbocycles. The fraction of sp³-hybridized carbons (Fsp3) is 0.417. The SMILES string of the molecule is O=C1C[NH2+]CC2c3ccccc3CCN12. The lowest BCUT2D eigenvalue weighted by Crippen LogP contribution is -2.91. The lowest BCUT2D eigenvalue weighted by molar-refractivity contribution is -0.656. The number of piperazine rings is 1. The molecule has 2 aliphatic rings. The molecule has 1 saturated heterocycles. The Bertz CT molecular complexity index is 402. The Balaban J connectivity index is 2.02. The van der Waals surface area contributed by atoms with Crippen LogP contribution in [0.25, 0.3) is 0 Å². The number of carbonyl (C=O) groups is 1. The highest BCUT2D eigenvalue weighted by atomic mass is 16.2. The Morgan fingerprint density at radius 1 is 1.33 bits per heavy atom. The number of nitrogens with two attached hydrogens (primary N) is 1. The maximum Gasteiger partial charge on any atom is 0.278 e. The Kier molecular flexibility index (Phi) is 1.99. The molecule has 0 aromatic heterocycles. The van der Waals surface area contributed by atoms with E-state index < -0.39 is 0 Å². The van der Waals surface area contributed by atoms with Crippen LogP contribution in [0.15, 0.2) is 24.3 Å². The molecule has 2 N–H and O–H groups in total. The summed E-state index contributed by atoms with van der Waals surface area (Å²) < 4.78 is 0. The Labute approximate surface area is 89.1 Å². The summed E-state index contributed by atoms with van der Waals surface area (Å²) in [5.41, 5.74) is 2.77. The molecule has 1 atom stereocenters. The molecule has 2 aliphatic heterocycles. The van der Waals surface area contributed by atoms with Gasteiger partial charge < -0.3 is 10.2 Å². The summed E-state index contributed by atoms with van der Waals surface area (Å²) in [6, 6.07) is 8.82. The van der Waals surface area contributed by atoms with Crippen molar-refractivity contribution in [2.24, 2.45) is 0 Å². The molecule has 1 unspecified atom stereocenters. The number of amides is 1. The van der Waals surface area contributed by atoms with Gasteiger partial charge in [0.05, 0.1) is 0 Å². The fourth-order valence-electron chi connectivity index (χ4n) is 2.69. The molecular weight excluding hydrogens is 188 g/mol. The Morgan fingerprint density at radius 3 is 3.13 bits per heavy atom. The summed E-state index contributed by atoms with van der Waals surface area (Å²) in [6.45, 7) is 2.54. The van der Waals surface area contributed by atoms with Crippen molar-refractivity contribution in [1.29, 1.82) is 0 Å². The van der Waals surface area contributed by atoms with Crippen LogP contribution in [-0.4, -0.2) is 30.4 Å². The van der Waals surface area contributed by atoms with Crippen molar-refractivity contribution in [2.75, 3.05) is 19.6 Å². The topological polar surface area (TPSA) is 36.9 Å². The molecule has 1 fully saturated rings. The van der Waals surface area contributed by atoms with E-state index in [1.807, 2.05) is 4.90 Å². The lowest BCUT2D eigenvalue weighted by Gasteiger charge is -2.38. The first-order chi connectivity index (χ1) is 7.36. The molecular formula is C12H15N2O+. The minimum Gasteiger partial charge on any atom is -0.336 e. The molecule has 15 heavy (non-hydrogen) atoms. The molecule has 0 bridgehead atoms. The van der Waals surface area contributed by atoms with Gasteiger partial charge in [0.1, 0.15) is 12.6 Å². The van der Waals surface area contributed by atoms with Crippen molar-refractivity contribution < 1.29 is 10.1 Å². The number of nitrogens with zero attached hydrogens (tertiary/aromatic N) is 1. The van der Waals surface area contributed by atoms with Gasteiger partial charge in [0.15, 0.2) is 6.54 Å². The van der Waals surface area contributed by atoms with Crippen LogP contribution in [0, 0.1) is 0 Å². The normalized spacial score (nSPS) is 24.7. The van der Waals surface area contributed by atoms with E-state index in [0.29, 0.717) is 18.5 Å². The van der Waals surface area contributed by atoms with Crippen LogP contribution >= 0.6 is 0 Å². The highest BCUT2D eigenvalue weighted by Crippen LogP contribution is 2.29. The summed E-state index contributed by atoms with van der Waals surface area (Å²) >= 11 is 0. The maximum absolute atomic E-state index is 11.7. The Morgan fingerprint density at radius 2 is 2.20 bits per heavy atom. The van der Waals surface area contributed by atoms with Gasteiger partial charge in [-0.2, -0.15) is 0 Å². The van der Waals surface area contributed by atoms with E-state index in [1.165, 1.54) is 11.1 Å². The predicted octanol–water partition coefficient (Wildman–Crippen LogP) is -0.311. The van der Waals surface area contributed by atoms with Gasteiger partial charge >= 0.3 is 0 Å². The first kappa shape index (κ1) is 8.92. The second-order valence-corrected chi connectivity index (χ2v) is 4.28. The zero-order valence-electron chi connectivity index (χ0n) is 8.65. The minimum atomic E-state index is 0.292. The molecule has 3 nitrogen and oxygen atoms in total. The molecule has 1 aromatic rings. The smallest absolute Gasteiger partial charge is 0.278 e. The van der Waals surface area contributed by atoms with Crippen molar-refractivity contribution in [2.45, 2.75) is 12.5 Å². The zero-order chi connectivity index (χ0) is 10.3. The highest BCUT2D eigenvalue weighted by molar-refractivity contribution is 5.78. The quantitative estimate of drug-likeness (QED) is 0.617. The molecule has 3 rings (SSSR count). The number of carbonyl (C=O) groups excluding carboxylic acids is 1. The summed E-state index contributed by atoms with van der Waals surface area (Å²) in [5.74, 6) is 0.292. The van der Waals surface area contributed by atoms with Crippen LogP contribution in [-0.2, 0) is 11.2 Å². The van der Waals surface area contributed by atoms with Gasteiger partial charge in [-0.25, -0.2) is 0 Å². The van der Waals surface area contributed by atoms with Crippen molar-refractivity contribution in [3.63, 3.8) is 0 Å². The molecule has 0 saturated carbocycles. The Hall–Kier alpha value is -1.35. The van der Waals surface area contributed by atoms with Gasteiger partial charge in [-0.05, 0) is 17.5 Å². The van der Waals surface area contributed by atoms with E-state index >= 15 is 0 Å². The number of benzene rings is 1. The molecule has 3 heteroatoms. The van der Waals surface area contributed by atoms with E-state index in [-0.39, 0.29) is 0 Å². The standard InChI is InChI=1S/C12H14N2O/c15-12-8-13-7-11-10-4-2-1-3-9(10)5-6-14(11)12/h1-4,11,13H,5-8H2/p+1. The maximum atomic E-state index is 11.7. The average molecular weight is 203 g/mol.